The van der Waals surface area contributed by atoms with E-state index in [0.29, 0.717) is 11.6 Å². The summed E-state index contributed by atoms with van der Waals surface area (Å²) in [6, 6.07) is 9.56. The molecule has 28 heavy (non-hydrogen) atoms. The van der Waals surface area contributed by atoms with Crippen LogP contribution in [0.25, 0.3) is 10.2 Å². The number of benzene rings is 2. The van der Waals surface area contributed by atoms with Gasteiger partial charge in [-0.15, -0.1) is 0 Å². The van der Waals surface area contributed by atoms with Crippen LogP contribution >= 0.6 is 11.3 Å². The maximum Gasteiger partial charge on any atom is 0.326 e. The Morgan fingerprint density at radius 1 is 1.25 bits per heavy atom. The molecule has 0 aliphatic carbocycles. The van der Waals surface area contributed by atoms with Crippen LogP contribution in [0.2, 0.25) is 0 Å². The molecule has 6 nitrogen and oxygen atoms in total. The van der Waals surface area contributed by atoms with Gasteiger partial charge in [-0.05, 0) is 37.3 Å². The minimum atomic E-state index is -0.872. The average Bonchev–Trinajstić information content (AvgIpc) is 2.98. The highest BCUT2D eigenvalue weighted by Gasteiger charge is 2.17. The van der Waals surface area contributed by atoms with Gasteiger partial charge in [0.25, 0.3) is 5.91 Å². The number of nitriles is 1. The van der Waals surface area contributed by atoms with Crippen LogP contribution in [0.4, 0.5) is 8.78 Å². The summed E-state index contributed by atoms with van der Waals surface area (Å²) >= 11 is 0.878. The number of fused-ring (bicyclic) bond motifs is 1. The molecule has 0 unspecified atom stereocenters. The molecule has 0 saturated carbocycles. The maximum atomic E-state index is 14.3. The van der Waals surface area contributed by atoms with Crippen molar-refractivity contribution in [3.05, 3.63) is 64.0 Å². The zero-order chi connectivity index (χ0) is 20.3. The lowest BCUT2D eigenvalue weighted by molar-refractivity contribution is -0.143. The van der Waals surface area contributed by atoms with Crippen molar-refractivity contribution < 1.29 is 23.1 Å². The quantitative estimate of drug-likeness (QED) is 0.629. The second-order valence-electron chi connectivity index (χ2n) is 5.62. The van der Waals surface area contributed by atoms with Crippen LogP contribution in [0.3, 0.4) is 0 Å². The molecular formula is C19H13F2N3O3S. The van der Waals surface area contributed by atoms with Gasteiger partial charge in [-0.1, -0.05) is 11.3 Å². The highest BCUT2D eigenvalue weighted by molar-refractivity contribution is 7.16. The van der Waals surface area contributed by atoms with Gasteiger partial charge < -0.3 is 9.30 Å². The van der Waals surface area contributed by atoms with Gasteiger partial charge in [0.2, 0.25) is 0 Å². The number of amides is 1. The standard InChI is InChI=1S/C19H13F2N3O3S/c1-2-27-16(25)10-24-17-14(21)7-13(20)8-15(17)28-19(24)23-18(26)12-5-3-11(9-22)4-6-12/h3-8H,2,10H2,1H3. The van der Waals surface area contributed by atoms with E-state index in [1.165, 1.54) is 28.8 Å². The lowest BCUT2D eigenvalue weighted by Gasteiger charge is -2.05. The first-order chi connectivity index (χ1) is 13.4. The van der Waals surface area contributed by atoms with Crippen molar-refractivity contribution in [3.63, 3.8) is 0 Å². The smallest absolute Gasteiger partial charge is 0.326 e. The van der Waals surface area contributed by atoms with E-state index >= 15 is 0 Å². The van der Waals surface area contributed by atoms with Gasteiger partial charge >= 0.3 is 5.97 Å². The third kappa shape index (κ3) is 3.97. The lowest BCUT2D eigenvalue weighted by Crippen LogP contribution is -2.23. The Morgan fingerprint density at radius 2 is 1.96 bits per heavy atom. The van der Waals surface area contributed by atoms with E-state index in [1.807, 2.05) is 6.07 Å². The van der Waals surface area contributed by atoms with Crippen LogP contribution in [-0.2, 0) is 16.1 Å². The summed E-state index contributed by atoms with van der Waals surface area (Å²) in [4.78, 5) is 28.4. The van der Waals surface area contributed by atoms with Gasteiger partial charge in [0, 0.05) is 11.6 Å². The number of rotatable bonds is 4. The monoisotopic (exact) mass is 401 g/mol. The van der Waals surface area contributed by atoms with E-state index in [-0.39, 0.29) is 33.7 Å². The molecule has 0 radical (unpaired) electrons. The predicted molar refractivity (Wildman–Crippen MR) is 97.4 cm³/mol. The number of carbonyl (C=O) groups excluding carboxylic acids is 2. The molecule has 0 atom stereocenters. The van der Waals surface area contributed by atoms with Crippen molar-refractivity contribution in [1.82, 2.24) is 4.57 Å². The number of carbonyl (C=O) groups is 2. The molecule has 3 rings (SSSR count). The summed E-state index contributed by atoms with van der Waals surface area (Å²) < 4.78 is 34.2. The Bertz CT molecular complexity index is 1170. The lowest BCUT2D eigenvalue weighted by atomic mass is 10.1. The Kier molecular flexibility index (Phi) is 5.61. The highest BCUT2D eigenvalue weighted by atomic mass is 32.1. The van der Waals surface area contributed by atoms with Gasteiger partial charge in [-0.25, -0.2) is 8.78 Å². The van der Waals surface area contributed by atoms with E-state index in [2.05, 4.69) is 4.99 Å². The maximum absolute atomic E-state index is 14.3. The van der Waals surface area contributed by atoms with Crippen molar-refractivity contribution in [2.24, 2.45) is 4.99 Å². The minimum absolute atomic E-state index is 0.0295. The zero-order valence-corrected chi connectivity index (χ0v) is 15.4. The van der Waals surface area contributed by atoms with Crippen LogP contribution in [-0.4, -0.2) is 23.1 Å². The number of aromatic nitrogens is 1. The van der Waals surface area contributed by atoms with Crippen molar-refractivity contribution in [2.75, 3.05) is 6.61 Å². The number of halogens is 2. The molecule has 0 bridgehead atoms. The molecule has 3 aromatic rings. The Morgan fingerprint density at radius 3 is 2.61 bits per heavy atom. The summed E-state index contributed by atoms with van der Waals surface area (Å²) in [6.07, 6.45) is 0. The Balaban J connectivity index is 2.13. The van der Waals surface area contributed by atoms with Gasteiger partial charge in [-0.3, -0.25) is 9.59 Å². The molecule has 1 amide bonds. The van der Waals surface area contributed by atoms with E-state index in [1.54, 1.807) is 6.92 Å². The fourth-order valence-electron chi connectivity index (χ4n) is 2.54. The number of nitrogens with zero attached hydrogens (tertiary/aromatic N) is 3. The summed E-state index contributed by atoms with van der Waals surface area (Å²) in [6.45, 7) is 1.38. The number of ether oxygens (including phenoxy) is 1. The summed E-state index contributed by atoms with van der Waals surface area (Å²) in [5.41, 5.74) is 0.560. The first-order valence-electron chi connectivity index (χ1n) is 8.16. The second-order valence-corrected chi connectivity index (χ2v) is 6.63. The van der Waals surface area contributed by atoms with E-state index < -0.39 is 23.5 Å². The number of hydrogen-bond acceptors (Lipinski definition) is 5. The SMILES string of the molecule is CCOC(=O)Cn1c(=NC(=O)c2ccc(C#N)cc2)sc2cc(F)cc(F)c21. The van der Waals surface area contributed by atoms with E-state index in [4.69, 9.17) is 10.00 Å². The van der Waals surface area contributed by atoms with Crippen LogP contribution < -0.4 is 4.80 Å². The molecule has 142 valence electrons. The van der Waals surface area contributed by atoms with Crippen molar-refractivity contribution in [1.29, 1.82) is 5.26 Å². The predicted octanol–water partition coefficient (Wildman–Crippen LogP) is 3.16. The van der Waals surface area contributed by atoms with Gasteiger partial charge in [0.15, 0.2) is 10.6 Å². The minimum Gasteiger partial charge on any atom is -0.465 e. The highest BCUT2D eigenvalue weighted by Crippen LogP contribution is 2.22. The number of hydrogen-bond donors (Lipinski definition) is 0. The molecule has 0 aliphatic rings. The van der Waals surface area contributed by atoms with E-state index in [0.717, 1.165) is 17.4 Å². The summed E-state index contributed by atoms with van der Waals surface area (Å²) in [5, 5.41) is 8.83. The molecule has 9 heteroatoms. The molecular weight excluding hydrogens is 388 g/mol. The molecule has 1 heterocycles. The van der Waals surface area contributed by atoms with Gasteiger partial charge in [0.05, 0.1) is 28.5 Å². The molecule has 0 spiro atoms. The van der Waals surface area contributed by atoms with Crippen molar-refractivity contribution in [3.8, 4) is 6.07 Å². The topological polar surface area (TPSA) is 84.5 Å². The fraction of sp³-hybridized carbons (Fsp3) is 0.158. The summed E-state index contributed by atoms with van der Waals surface area (Å²) in [7, 11) is 0. The normalized spacial score (nSPS) is 11.4. The largest absolute Gasteiger partial charge is 0.465 e. The van der Waals surface area contributed by atoms with Crippen LogP contribution in [0.5, 0.6) is 0 Å². The Hall–Kier alpha value is -3.38. The van der Waals surface area contributed by atoms with E-state index in [9.17, 15) is 18.4 Å². The number of esters is 1. The average molecular weight is 401 g/mol. The third-order valence-corrected chi connectivity index (χ3v) is 4.77. The van der Waals surface area contributed by atoms with Crippen molar-refractivity contribution >= 4 is 33.4 Å². The Labute approximate surface area is 161 Å². The third-order valence-electron chi connectivity index (χ3n) is 3.75. The van der Waals surface area contributed by atoms with Crippen LogP contribution in [0.1, 0.15) is 22.8 Å². The molecule has 1 aromatic heterocycles. The second kappa shape index (κ2) is 8.10. The molecule has 0 fully saturated rings. The molecule has 0 aliphatic heterocycles. The molecule has 2 aromatic carbocycles. The first kappa shape index (κ1) is 19.4. The number of thiazole rings is 1. The molecule has 0 saturated heterocycles. The summed E-state index contributed by atoms with van der Waals surface area (Å²) in [5.74, 6) is -2.94. The zero-order valence-electron chi connectivity index (χ0n) is 14.6. The van der Waals surface area contributed by atoms with Gasteiger partial charge in [-0.2, -0.15) is 10.3 Å². The van der Waals surface area contributed by atoms with Crippen LogP contribution in [0.15, 0.2) is 41.4 Å². The van der Waals surface area contributed by atoms with Gasteiger partial charge in [0.1, 0.15) is 12.4 Å². The van der Waals surface area contributed by atoms with Crippen LogP contribution in [0, 0.1) is 23.0 Å². The first-order valence-corrected chi connectivity index (χ1v) is 8.97. The fourth-order valence-corrected chi connectivity index (χ4v) is 3.60. The molecule has 0 N–H and O–H groups in total. The van der Waals surface area contributed by atoms with Crippen molar-refractivity contribution in [2.45, 2.75) is 13.5 Å².